The molecule has 8 heteroatoms. The zero-order valence-electron chi connectivity index (χ0n) is 15.6. The first-order valence-corrected chi connectivity index (χ1v) is 8.80. The molecule has 0 bridgehead atoms. The molecule has 1 aliphatic rings. The summed E-state index contributed by atoms with van der Waals surface area (Å²) in [6.07, 6.45) is 0.134. The third-order valence-corrected chi connectivity index (χ3v) is 4.20. The Labute approximate surface area is 156 Å². The van der Waals surface area contributed by atoms with Gasteiger partial charge >= 0.3 is 6.09 Å². The molecule has 0 saturated carbocycles. The fourth-order valence-electron chi connectivity index (χ4n) is 2.87. The van der Waals surface area contributed by atoms with Gasteiger partial charge in [-0.25, -0.2) is 9.18 Å². The standard InChI is InChI=1S/C19H23FN4O3/c1-19(2,3)27-18(26)24-9-8-15-13(11-24)16(23-22-15)17(25)21-10-12-6-4-5-7-14(12)20/h4-7H,8-11H2,1-3H3,(H,21,25)(H,22,23). The van der Waals surface area contributed by atoms with Crippen LogP contribution in [0.1, 0.15) is 48.1 Å². The van der Waals surface area contributed by atoms with Gasteiger partial charge in [0.1, 0.15) is 11.4 Å². The van der Waals surface area contributed by atoms with Gasteiger partial charge in [0, 0.05) is 36.3 Å². The smallest absolute Gasteiger partial charge is 0.410 e. The number of hydrogen-bond donors (Lipinski definition) is 2. The van der Waals surface area contributed by atoms with Gasteiger partial charge in [-0.1, -0.05) is 18.2 Å². The summed E-state index contributed by atoms with van der Waals surface area (Å²) in [4.78, 5) is 26.4. The summed E-state index contributed by atoms with van der Waals surface area (Å²) >= 11 is 0. The molecule has 0 unspecified atom stereocenters. The molecule has 0 radical (unpaired) electrons. The van der Waals surface area contributed by atoms with E-state index in [9.17, 15) is 14.0 Å². The number of hydrogen-bond acceptors (Lipinski definition) is 4. The van der Waals surface area contributed by atoms with Crippen LogP contribution in [0.5, 0.6) is 0 Å². The summed E-state index contributed by atoms with van der Waals surface area (Å²) in [6, 6.07) is 6.26. The van der Waals surface area contributed by atoms with Crippen molar-refractivity contribution >= 4 is 12.0 Å². The van der Waals surface area contributed by atoms with E-state index in [0.29, 0.717) is 24.1 Å². The molecular weight excluding hydrogens is 351 g/mol. The number of aromatic amines is 1. The first kappa shape index (κ1) is 18.9. The average molecular weight is 374 g/mol. The van der Waals surface area contributed by atoms with Crippen molar-refractivity contribution in [2.45, 2.75) is 45.9 Å². The number of nitrogens with one attached hydrogen (secondary N) is 2. The average Bonchev–Trinajstić information content (AvgIpc) is 3.02. The second-order valence-corrected chi connectivity index (χ2v) is 7.46. The summed E-state index contributed by atoms with van der Waals surface area (Å²) in [5.74, 6) is -0.792. The highest BCUT2D eigenvalue weighted by Gasteiger charge is 2.30. The molecular formula is C19H23FN4O3. The van der Waals surface area contributed by atoms with Crippen molar-refractivity contribution in [2.24, 2.45) is 0 Å². The molecule has 0 aliphatic carbocycles. The Bertz CT molecular complexity index is 857. The van der Waals surface area contributed by atoms with Gasteiger partial charge in [0.2, 0.25) is 0 Å². The predicted octanol–water partition coefficient (Wildman–Crippen LogP) is 2.77. The summed E-state index contributed by atoms with van der Waals surface area (Å²) in [7, 11) is 0. The summed E-state index contributed by atoms with van der Waals surface area (Å²) in [6.45, 7) is 6.20. The maximum atomic E-state index is 13.7. The minimum Gasteiger partial charge on any atom is -0.444 e. The summed E-state index contributed by atoms with van der Waals surface area (Å²) in [5.41, 5.74) is 1.51. The summed E-state index contributed by atoms with van der Waals surface area (Å²) < 4.78 is 19.1. The van der Waals surface area contributed by atoms with E-state index in [1.807, 2.05) is 0 Å². The first-order chi connectivity index (χ1) is 12.7. The van der Waals surface area contributed by atoms with E-state index >= 15 is 0 Å². The Hall–Kier alpha value is -2.90. The van der Waals surface area contributed by atoms with Crippen molar-refractivity contribution in [1.29, 1.82) is 0 Å². The lowest BCUT2D eigenvalue weighted by atomic mass is 10.1. The maximum Gasteiger partial charge on any atom is 0.410 e. The second-order valence-electron chi connectivity index (χ2n) is 7.46. The molecule has 2 N–H and O–H groups in total. The zero-order valence-corrected chi connectivity index (χ0v) is 15.6. The van der Waals surface area contributed by atoms with E-state index in [2.05, 4.69) is 15.5 Å². The number of nitrogens with zero attached hydrogens (tertiary/aromatic N) is 2. The Morgan fingerprint density at radius 3 is 2.78 bits per heavy atom. The predicted molar refractivity (Wildman–Crippen MR) is 96.5 cm³/mol. The number of H-pyrrole nitrogens is 1. The lowest BCUT2D eigenvalue weighted by Gasteiger charge is -2.30. The van der Waals surface area contributed by atoms with Gasteiger partial charge in [0.25, 0.3) is 5.91 Å². The first-order valence-electron chi connectivity index (χ1n) is 8.80. The van der Waals surface area contributed by atoms with E-state index < -0.39 is 17.6 Å². The number of benzene rings is 1. The molecule has 1 aliphatic heterocycles. The van der Waals surface area contributed by atoms with Gasteiger partial charge in [0.05, 0.1) is 6.54 Å². The molecule has 0 fully saturated rings. The Balaban J connectivity index is 1.69. The number of aromatic nitrogens is 2. The van der Waals surface area contributed by atoms with Crippen LogP contribution in [0.15, 0.2) is 24.3 Å². The molecule has 7 nitrogen and oxygen atoms in total. The van der Waals surface area contributed by atoms with Crippen molar-refractivity contribution in [3.05, 3.63) is 52.6 Å². The number of ether oxygens (including phenoxy) is 1. The molecule has 0 saturated heterocycles. The molecule has 2 aromatic rings. The van der Waals surface area contributed by atoms with E-state index in [0.717, 1.165) is 5.69 Å². The quantitative estimate of drug-likeness (QED) is 0.865. The number of carbonyl (C=O) groups is 2. The van der Waals surface area contributed by atoms with Crippen molar-refractivity contribution in [1.82, 2.24) is 20.4 Å². The highest BCUT2D eigenvalue weighted by molar-refractivity contribution is 5.94. The number of amides is 2. The SMILES string of the molecule is CC(C)(C)OC(=O)N1CCc2[nH]nc(C(=O)NCc3ccccc3F)c2C1. The summed E-state index contributed by atoms with van der Waals surface area (Å²) in [5, 5.41) is 9.63. The van der Waals surface area contributed by atoms with E-state index in [-0.39, 0.29) is 24.6 Å². The van der Waals surface area contributed by atoms with Gasteiger partial charge in [-0.05, 0) is 26.8 Å². The second kappa shape index (κ2) is 7.38. The van der Waals surface area contributed by atoms with Crippen LogP contribution in [0.3, 0.4) is 0 Å². The Morgan fingerprint density at radius 1 is 1.33 bits per heavy atom. The molecule has 0 spiro atoms. The number of rotatable bonds is 3. The van der Waals surface area contributed by atoms with E-state index in [4.69, 9.17) is 4.74 Å². The minimum absolute atomic E-state index is 0.0585. The van der Waals surface area contributed by atoms with Gasteiger partial charge < -0.3 is 15.0 Å². The molecule has 2 amide bonds. The van der Waals surface area contributed by atoms with Crippen LogP contribution in [0.4, 0.5) is 9.18 Å². The minimum atomic E-state index is -0.590. The van der Waals surface area contributed by atoms with Crippen LogP contribution in [0.25, 0.3) is 0 Å². The van der Waals surface area contributed by atoms with Gasteiger partial charge in [-0.15, -0.1) is 0 Å². The maximum absolute atomic E-state index is 13.7. The zero-order chi connectivity index (χ0) is 19.6. The third kappa shape index (κ3) is 4.45. The molecule has 1 aromatic heterocycles. The normalized spacial score (nSPS) is 13.9. The lowest BCUT2D eigenvalue weighted by molar-refractivity contribution is 0.0222. The Morgan fingerprint density at radius 2 is 2.07 bits per heavy atom. The van der Waals surface area contributed by atoms with E-state index in [1.165, 1.54) is 6.07 Å². The topological polar surface area (TPSA) is 87.3 Å². The van der Waals surface area contributed by atoms with Gasteiger partial charge in [-0.3, -0.25) is 9.89 Å². The van der Waals surface area contributed by atoms with Gasteiger partial charge in [0.15, 0.2) is 5.69 Å². The third-order valence-electron chi connectivity index (χ3n) is 4.20. The van der Waals surface area contributed by atoms with Crippen molar-refractivity contribution in [3.63, 3.8) is 0 Å². The molecule has 3 rings (SSSR count). The van der Waals surface area contributed by atoms with Gasteiger partial charge in [-0.2, -0.15) is 5.10 Å². The number of halogens is 1. The highest BCUT2D eigenvalue weighted by Crippen LogP contribution is 2.22. The van der Waals surface area contributed by atoms with Crippen LogP contribution in [0.2, 0.25) is 0 Å². The number of fused-ring (bicyclic) bond motifs is 1. The molecule has 27 heavy (non-hydrogen) atoms. The highest BCUT2D eigenvalue weighted by atomic mass is 19.1. The van der Waals surface area contributed by atoms with Crippen LogP contribution in [-0.2, 0) is 24.2 Å². The van der Waals surface area contributed by atoms with Crippen LogP contribution in [-0.4, -0.2) is 39.2 Å². The van der Waals surface area contributed by atoms with Crippen LogP contribution >= 0.6 is 0 Å². The Kier molecular flexibility index (Phi) is 5.16. The fourth-order valence-corrected chi connectivity index (χ4v) is 2.87. The van der Waals surface area contributed by atoms with Crippen LogP contribution < -0.4 is 5.32 Å². The fraction of sp³-hybridized carbons (Fsp3) is 0.421. The van der Waals surface area contributed by atoms with Crippen LogP contribution in [0, 0.1) is 5.82 Å². The van der Waals surface area contributed by atoms with E-state index in [1.54, 1.807) is 43.9 Å². The number of carbonyl (C=O) groups excluding carboxylic acids is 2. The monoisotopic (exact) mass is 374 g/mol. The van der Waals surface area contributed by atoms with Crippen molar-refractivity contribution < 1.29 is 18.7 Å². The largest absolute Gasteiger partial charge is 0.444 e. The van der Waals surface area contributed by atoms with Crippen molar-refractivity contribution in [2.75, 3.05) is 6.54 Å². The molecule has 1 aromatic carbocycles. The molecule has 144 valence electrons. The van der Waals surface area contributed by atoms with Crippen molar-refractivity contribution in [3.8, 4) is 0 Å². The lowest BCUT2D eigenvalue weighted by Crippen LogP contribution is -2.40. The molecule has 2 heterocycles. The molecule has 0 atom stereocenters.